The molecule has 0 aliphatic heterocycles. The zero-order chi connectivity index (χ0) is 53.8. The van der Waals surface area contributed by atoms with Crippen molar-refractivity contribution in [2.24, 2.45) is 11.8 Å². The molecular formula is C51H98N3O15P3. The lowest BCUT2D eigenvalue weighted by Crippen LogP contribution is -2.32. The minimum Gasteiger partial charge on any atom is -0.415 e. The number of rotatable bonds is 44. The Morgan fingerprint density at radius 2 is 0.778 bits per heavy atom. The Bertz CT molecular complexity index is 1560. The monoisotopic (exact) mass is 1090 g/mol. The smallest absolute Gasteiger partial charge is 0.415 e. The highest BCUT2D eigenvalue weighted by atomic mass is 31.2. The predicted molar refractivity (Wildman–Crippen MR) is 289 cm³/mol. The molecule has 2 aromatic rings. The Labute approximate surface area is 434 Å². The summed E-state index contributed by atoms with van der Waals surface area (Å²) in [4.78, 5) is 5.42. The summed E-state index contributed by atoms with van der Waals surface area (Å²) < 4.78 is 83.8. The van der Waals surface area contributed by atoms with Crippen LogP contribution in [0, 0.1) is 11.8 Å². The van der Waals surface area contributed by atoms with Crippen LogP contribution in [-0.4, -0.2) is 173 Å². The van der Waals surface area contributed by atoms with Gasteiger partial charge in [0.05, 0.1) is 66.1 Å². The van der Waals surface area contributed by atoms with Crippen LogP contribution in [0.3, 0.4) is 0 Å². The lowest BCUT2D eigenvalue weighted by atomic mass is 10.0. The second-order valence-corrected chi connectivity index (χ2v) is 22.9. The van der Waals surface area contributed by atoms with Gasteiger partial charge in [0, 0.05) is 52.5 Å². The van der Waals surface area contributed by atoms with Crippen LogP contribution in [0.2, 0.25) is 0 Å². The molecule has 18 nitrogen and oxygen atoms in total. The van der Waals surface area contributed by atoms with Crippen LogP contribution in [0.1, 0.15) is 107 Å². The molecule has 21 heteroatoms. The topological polar surface area (TPSA) is 216 Å². The van der Waals surface area contributed by atoms with Crippen molar-refractivity contribution in [3.63, 3.8) is 0 Å². The number of aliphatic hydroxyl groups excluding tert-OH is 4. The molecule has 0 heterocycles. The van der Waals surface area contributed by atoms with E-state index >= 15 is 0 Å². The molecule has 0 bridgehead atoms. The Balaban J connectivity index is 0.00000106. The van der Waals surface area contributed by atoms with Crippen molar-refractivity contribution < 1.29 is 70.7 Å². The van der Waals surface area contributed by atoms with E-state index < -0.39 is 22.8 Å². The first kappa shape index (κ1) is 70.2. The number of para-hydroxylation sites is 2. The molecule has 0 spiro atoms. The van der Waals surface area contributed by atoms with Crippen molar-refractivity contribution in [3.8, 4) is 11.5 Å². The fourth-order valence-electron chi connectivity index (χ4n) is 6.96. The number of benzene rings is 2. The largest absolute Gasteiger partial charge is 0.444 e. The highest BCUT2D eigenvalue weighted by Gasteiger charge is 2.32. The van der Waals surface area contributed by atoms with E-state index in [2.05, 4.69) is 27.7 Å². The molecule has 2 aromatic carbocycles. The number of hydrogen-bond donors (Lipinski definition) is 4. The van der Waals surface area contributed by atoms with Gasteiger partial charge in [0.1, 0.15) is 30.4 Å². The van der Waals surface area contributed by atoms with Gasteiger partial charge in [-0.15, -0.1) is 0 Å². The maximum Gasteiger partial charge on any atom is 0.444 e. The van der Waals surface area contributed by atoms with Crippen LogP contribution in [-0.2, 0) is 41.3 Å². The molecule has 0 radical (unpaired) electrons. The Hall–Kier alpha value is -1.79. The van der Waals surface area contributed by atoms with Gasteiger partial charge in [-0.3, -0.25) is 23.8 Å². The van der Waals surface area contributed by atoms with Crippen LogP contribution in [0.5, 0.6) is 11.5 Å². The van der Waals surface area contributed by atoms with Crippen LogP contribution in [0.15, 0.2) is 60.7 Å². The molecule has 0 amide bonds. The van der Waals surface area contributed by atoms with Crippen LogP contribution >= 0.6 is 22.8 Å². The third kappa shape index (κ3) is 35.5. The summed E-state index contributed by atoms with van der Waals surface area (Å²) in [7, 11) is -9.96. The lowest BCUT2D eigenvalue weighted by molar-refractivity contribution is 0.0854. The van der Waals surface area contributed by atoms with Crippen molar-refractivity contribution in [3.05, 3.63) is 60.7 Å². The van der Waals surface area contributed by atoms with E-state index in [-0.39, 0.29) is 58.4 Å². The highest BCUT2D eigenvalue weighted by molar-refractivity contribution is 7.54. The lowest BCUT2D eigenvalue weighted by Gasteiger charge is -2.28. The number of ether oxygens (including phenoxy) is 2. The molecule has 0 aliphatic rings. The zero-order valence-corrected chi connectivity index (χ0v) is 48.1. The SMILES string of the molecule is CCCCC(CC)COP(=O)(CN(CCO)CCO)OCC(CC)CCCC.CCOCCN(CCOCC)CP(=O)(OCC)OCC.O=P(CN(CCO)CCO)(Oc1ccccc1)Oc1ccccc1. The fraction of sp³-hybridized carbons (Fsp3) is 0.765. The molecule has 0 saturated carbocycles. The van der Waals surface area contributed by atoms with E-state index in [0.717, 1.165) is 51.4 Å². The van der Waals surface area contributed by atoms with Crippen molar-refractivity contribution in [1.82, 2.24) is 14.7 Å². The van der Waals surface area contributed by atoms with E-state index in [0.29, 0.717) is 102 Å². The normalized spacial score (nSPS) is 13.5. The van der Waals surface area contributed by atoms with E-state index in [1.165, 1.54) is 0 Å². The van der Waals surface area contributed by atoms with Gasteiger partial charge in [-0.2, -0.15) is 0 Å². The first-order valence-electron chi connectivity index (χ1n) is 26.3. The minimum absolute atomic E-state index is 0.0437. The van der Waals surface area contributed by atoms with Crippen molar-refractivity contribution in [1.29, 1.82) is 0 Å². The summed E-state index contributed by atoms with van der Waals surface area (Å²) in [5.74, 6) is 1.63. The van der Waals surface area contributed by atoms with Gasteiger partial charge in [0.15, 0.2) is 0 Å². The second kappa shape index (κ2) is 45.4. The predicted octanol–water partition coefficient (Wildman–Crippen LogP) is 10.1. The third-order valence-electron chi connectivity index (χ3n) is 11.0. The molecule has 0 aliphatic carbocycles. The van der Waals surface area contributed by atoms with E-state index in [1.54, 1.807) is 58.3 Å². The summed E-state index contributed by atoms with van der Waals surface area (Å²) in [6, 6.07) is 17.6. The van der Waals surface area contributed by atoms with Crippen LogP contribution in [0.25, 0.3) is 0 Å². The van der Waals surface area contributed by atoms with E-state index in [4.69, 9.17) is 46.8 Å². The number of nitrogens with zero attached hydrogens (tertiary/aromatic N) is 3. The van der Waals surface area contributed by atoms with Crippen molar-refractivity contribution >= 4 is 22.8 Å². The number of unbranched alkanes of at least 4 members (excludes halogenated alkanes) is 2. The zero-order valence-electron chi connectivity index (χ0n) is 45.4. The van der Waals surface area contributed by atoms with Gasteiger partial charge in [-0.05, 0) is 76.6 Å². The van der Waals surface area contributed by atoms with Crippen LogP contribution < -0.4 is 9.05 Å². The molecule has 0 fully saturated rings. The van der Waals surface area contributed by atoms with Gasteiger partial charge >= 0.3 is 22.8 Å². The summed E-state index contributed by atoms with van der Waals surface area (Å²) in [6.07, 6.45) is 9.02. The molecule has 4 N–H and O–H groups in total. The molecule has 0 aromatic heterocycles. The van der Waals surface area contributed by atoms with E-state index in [1.807, 2.05) is 44.7 Å². The summed E-state index contributed by atoms with van der Waals surface area (Å²) >= 11 is 0. The quantitative estimate of drug-likeness (QED) is 0.0359. The minimum atomic E-state index is -3.57. The Kier molecular flexibility index (Phi) is 44.3. The van der Waals surface area contributed by atoms with Gasteiger partial charge in [-0.25, -0.2) is 4.57 Å². The first-order valence-corrected chi connectivity index (χ1v) is 31.5. The average molecular weight is 1090 g/mol. The fourth-order valence-corrected chi connectivity index (χ4v) is 12.5. The third-order valence-corrected chi connectivity index (χ3v) is 16.6. The summed E-state index contributed by atoms with van der Waals surface area (Å²) in [5.41, 5.74) is 0. The van der Waals surface area contributed by atoms with E-state index in [9.17, 15) is 23.9 Å². The molecule has 2 atom stereocenters. The maximum atomic E-state index is 13.5. The molecule has 0 saturated heterocycles. The Morgan fingerprint density at radius 1 is 0.444 bits per heavy atom. The first-order chi connectivity index (χ1) is 34.7. The Morgan fingerprint density at radius 3 is 1.08 bits per heavy atom. The number of aliphatic hydroxyl groups is 4. The van der Waals surface area contributed by atoms with Gasteiger partial charge in [0.2, 0.25) is 0 Å². The molecular weight excluding hydrogens is 987 g/mol. The van der Waals surface area contributed by atoms with Crippen LogP contribution in [0.4, 0.5) is 0 Å². The van der Waals surface area contributed by atoms with Crippen molar-refractivity contribution in [2.45, 2.75) is 107 Å². The average Bonchev–Trinajstić information content (AvgIpc) is 3.35. The highest BCUT2D eigenvalue weighted by Crippen LogP contribution is 2.51. The molecule has 2 rings (SSSR count). The number of hydrogen-bond acceptors (Lipinski definition) is 18. The van der Waals surface area contributed by atoms with Gasteiger partial charge in [0.25, 0.3) is 0 Å². The van der Waals surface area contributed by atoms with Crippen molar-refractivity contribution in [2.75, 3.05) is 137 Å². The second-order valence-electron chi connectivity index (χ2n) is 17.0. The molecule has 2 unspecified atom stereocenters. The molecule has 422 valence electrons. The summed E-state index contributed by atoms with van der Waals surface area (Å²) in [5, 5.41) is 36.8. The standard InChI is InChI=1S/C21H46NO5P.C17H22NO5P.C13H30NO5P/c1-5-9-11-20(7-3)17-26-28(25,19-22(13-15-23)14-16-24)27-18-21(8-4)12-10-6-2;19-13-11-18(12-14-20)15-24(21,22-16-7-3-1-4-8-16)23-17-9-5-2-6-10-17;1-5-16-11-9-14(10-12-17-6-2)13-20(15,18-7-3)19-8-4/h20-21,23-24H,5-19H2,1-4H3;1-10,19-20H,11-15H2;5-13H2,1-4H3. The van der Waals surface area contributed by atoms with Gasteiger partial charge < -0.3 is 57.0 Å². The maximum absolute atomic E-state index is 13.5. The summed E-state index contributed by atoms with van der Waals surface area (Å²) in [6.45, 7) is 22.6. The van der Waals surface area contributed by atoms with Gasteiger partial charge in [-0.1, -0.05) is 103 Å². The molecule has 72 heavy (non-hydrogen) atoms.